The highest BCUT2D eigenvalue weighted by atomic mass is 32.2. The maximum atomic E-state index is 12.2. The first kappa shape index (κ1) is 28.6. The molecule has 202 valence electrons. The fraction of sp³-hybridized carbons (Fsp3) is 0.714. The van der Waals surface area contributed by atoms with E-state index in [2.05, 4.69) is 31.9 Å². The lowest BCUT2D eigenvalue weighted by Gasteiger charge is -2.30. The third-order valence-electron chi connectivity index (χ3n) is 5.97. The molecule has 0 bridgehead atoms. The number of nitrogens with zero attached hydrogens (tertiary/aromatic N) is 4. The van der Waals surface area contributed by atoms with Crippen molar-refractivity contribution in [1.82, 2.24) is 24.8 Å². The van der Waals surface area contributed by atoms with E-state index in [9.17, 15) is 14.5 Å². The van der Waals surface area contributed by atoms with E-state index < -0.39 is 25.2 Å². The summed E-state index contributed by atoms with van der Waals surface area (Å²) in [6.07, 6.45) is 3.24. The van der Waals surface area contributed by atoms with Crippen LogP contribution in [0.5, 0.6) is 0 Å². The second kappa shape index (κ2) is 13.0. The molecule has 13 nitrogen and oxygen atoms in total. The molecule has 0 radical (unpaired) electrons. The summed E-state index contributed by atoms with van der Waals surface area (Å²) in [6, 6.07) is 0. The Labute approximate surface area is 214 Å². The number of carbonyl (C=O) groups is 1. The Morgan fingerprint density at radius 3 is 2.94 bits per heavy atom. The van der Waals surface area contributed by atoms with Crippen LogP contribution in [0.2, 0.25) is 0 Å². The van der Waals surface area contributed by atoms with Gasteiger partial charge in [-0.2, -0.15) is 0 Å². The summed E-state index contributed by atoms with van der Waals surface area (Å²) in [5.41, 5.74) is 5.86. The van der Waals surface area contributed by atoms with E-state index in [4.69, 9.17) is 19.5 Å². The van der Waals surface area contributed by atoms with Crippen LogP contribution in [-0.4, -0.2) is 74.9 Å². The Bertz CT molecular complexity index is 1040. The molecular formula is C21H35N6O7PS. The van der Waals surface area contributed by atoms with Gasteiger partial charge in [0.2, 0.25) is 0 Å². The molecule has 15 heteroatoms. The highest BCUT2D eigenvalue weighted by Crippen LogP contribution is 2.38. The molecule has 1 amide bonds. The molecule has 36 heavy (non-hydrogen) atoms. The lowest BCUT2D eigenvalue weighted by Crippen LogP contribution is -2.33. The Morgan fingerprint density at radius 2 is 2.19 bits per heavy atom. The van der Waals surface area contributed by atoms with Gasteiger partial charge in [0.1, 0.15) is 23.5 Å². The predicted molar refractivity (Wildman–Crippen MR) is 136 cm³/mol. The minimum atomic E-state index is -2.71. The molecule has 3 heterocycles. The van der Waals surface area contributed by atoms with Gasteiger partial charge in [-0.1, -0.05) is 20.8 Å². The van der Waals surface area contributed by atoms with Crippen LogP contribution in [0.1, 0.15) is 39.8 Å². The van der Waals surface area contributed by atoms with E-state index in [1.165, 1.54) is 25.2 Å². The zero-order chi connectivity index (χ0) is 26.3. The van der Waals surface area contributed by atoms with Crippen LogP contribution in [0.3, 0.4) is 0 Å². The number of carbonyl (C=O) groups excluding carboxylic acids is 1. The van der Waals surface area contributed by atoms with Crippen molar-refractivity contribution >= 4 is 43.1 Å². The van der Waals surface area contributed by atoms with Crippen LogP contribution in [-0.2, 0) is 23.1 Å². The quantitative estimate of drug-likeness (QED) is 0.191. The van der Waals surface area contributed by atoms with Crippen molar-refractivity contribution in [2.75, 3.05) is 38.4 Å². The molecule has 2 aromatic rings. The van der Waals surface area contributed by atoms with Crippen molar-refractivity contribution in [2.24, 2.45) is 11.3 Å². The molecule has 5 atom stereocenters. The van der Waals surface area contributed by atoms with Gasteiger partial charge in [0.25, 0.3) is 0 Å². The number of methoxy groups -OCH3 is 1. The Kier molecular flexibility index (Phi) is 10.3. The summed E-state index contributed by atoms with van der Waals surface area (Å²) in [5, 5.41) is 13.0. The number of imidazole rings is 1. The van der Waals surface area contributed by atoms with E-state index in [0.29, 0.717) is 42.1 Å². The van der Waals surface area contributed by atoms with E-state index >= 15 is 0 Å². The summed E-state index contributed by atoms with van der Waals surface area (Å²) in [4.78, 5) is 23.7. The van der Waals surface area contributed by atoms with Gasteiger partial charge < -0.3 is 34.7 Å². The fourth-order valence-corrected chi connectivity index (χ4v) is 5.61. The molecule has 0 aromatic carbocycles. The number of hydrogen-bond acceptors (Lipinski definition) is 12. The van der Waals surface area contributed by atoms with Crippen LogP contribution < -0.4 is 11.1 Å². The molecule has 1 aliphatic rings. The summed E-state index contributed by atoms with van der Waals surface area (Å²) in [7, 11) is -1.41. The molecule has 1 aliphatic heterocycles. The van der Waals surface area contributed by atoms with Crippen LogP contribution in [0, 0.1) is 11.3 Å². The van der Waals surface area contributed by atoms with E-state index in [1.807, 2.05) is 18.4 Å². The average Bonchev–Trinajstić information content (AvgIpc) is 3.43. The molecule has 2 unspecified atom stereocenters. The number of anilines is 1. The number of alkyl carbamates (subject to hydrolysis) is 1. The first-order chi connectivity index (χ1) is 17.1. The van der Waals surface area contributed by atoms with Gasteiger partial charge in [0, 0.05) is 23.6 Å². The standard InChI is InChI=1S/C21H35N6O7PS/c1-13-9-14(34-18(13)27-12-26-15-16(22)24-11-25-17(15)27)10-33-35(30)32-7-8-36-19(28)21(2,3)5-6-23-20(29)31-4/h11-14,18-19,28,35H,5-10H2,1-4H3,(H,23,29)(H2,22,24,25)/t13-,14-,18+,19?/m0/s1. The largest absolute Gasteiger partial charge is 0.453 e. The van der Waals surface area contributed by atoms with Crippen LogP contribution in [0.25, 0.3) is 11.2 Å². The van der Waals surface area contributed by atoms with Crippen LogP contribution >= 0.6 is 20.0 Å². The molecule has 0 saturated carbocycles. The monoisotopic (exact) mass is 546 g/mol. The van der Waals surface area contributed by atoms with Gasteiger partial charge in [-0.25, -0.2) is 19.7 Å². The highest BCUT2D eigenvalue weighted by Gasteiger charge is 2.35. The molecule has 0 aliphatic carbocycles. The summed E-state index contributed by atoms with van der Waals surface area (Å²) in [5.74, 6) is 0.899. The van der Waals surface area contributed by atoms with Crippen LogP contribution in [0.15, 0.2) is 12.7 Å². The lowest BCUT2D eigenvalue weighted by atomic mass is 9.90. The number of nitrogen functional groups attached to an aromatic ring is 1. The first-order valence-corrected chi connectivity index (χ1v) is 13.9. The van der Waals surface area contributed by atoms with Crippen molar-refractivity contribution in [2.45, 2.75) is 51.4 Å². The lowest BCUT2D eigenvalue weighted by molar-refractivity contribution is -0.0261. The van der Waals surface area contributed by atoms with E-state index in [1.54, 1.807) is 6.33 Å². The Hall–Kier alpha value is -1.96. The van der Waals surface area contributed by atoms with Crippen molar-refractivity contribution < 1.29 is 33.0 Å². The molecule has 1 saturated heterocycles. The Morgan fingerprint density at radius 1 is 1.42 bits per heavy atom. The van der Waals surface area contributed by atoms with Gasteiger partial charge in [-0.15, -0.1) is 11.8 Å². The maximum absolute atomic E-state index is 12.2. The molecule has 2 aromatic heterocycles. The molecule has 0 spiro atoms. The van der Waals surface area contributed by atoms with Gasteiger partial charge in [-0.3, -0.25) is 9.13 Å². The summed E-state index contributed by atoms with van der Waals surface area (Å²) >= 11 is 1.29. The van der Waals surface area contributed by atoms with Crippen molar-refractivity contribution in [3.63, 3.8) is 0 Å². The summed E-state index contributed by atoms with van der Waals surface area (Å²) in [6.45, 7) is 6.55. The number of aliphatic hydroxyl groups is 1. The van der Waals surface area contributed by atoms with Crippen molar-refractivity contribution in [1.29, 1.82) is 0 Å². The van der Waals surface area contributed by atoms with Gasteiger partial charge in [-0.05, 0) is 12.8 Å². The zero-order valence-electron chi connectivity index (χ0n) is 20.9. The highest BCUT2D eigenvalue weighted by molar-refractivity contribution is 7.99. The molecule has 1 fully saturated rings. The van der Waals surface area contributed by atoms with Crippen molar-refractivity contribution in [3.8, 4) is 0 Å². The van der Waals surface area contributed by atoms with Crippen molar-refractivity contribution in [3.05, 3.63) is 12.7 Å². The maximum Gasteiger partial charge on any atom is 0.406 e. The topological polar surface area (TPSA) is 173 Å². The second-order valence-corrected chi connectivity index (χ2v) is 11.5. The smallest absolute Gasteiger partial charge is 0.406 e. The predicted octanol–water partition coefficient (Wildman–Crippen LogP) is 2.58. The number of rotatable bonds is 13. The third kappa shape index (κ3) is 7.53. The van der Waals surface area contributed by atoms with Gasteiger partial charge >= 0.3 is 14.3 Å². The number of hydrogen-bond donors (Lipinski definition) is 3. The average molecular weight is 547 g/mol. The minimum Gasteiger partial charge on any atom is -0.453 e. The van der Waals surface area contributed by atoms with E-state index in [0.717, 1.165) is 0 Å². The number of aliphatic hydroxyl groups excluding tert-OH is 1. The third-order valence-corrected chi connectivity index (χ3v) is 8.17. The van der Waals surface area contributed by atoms with E-state index in [-0.39, 0.29) is 31.5 Å². The number of nitrogens with two attached hydrogens (primary N) is 1. The number of ether oxygens (including phenoxy) is 2. The number of aromatic nitrogens is 4. The fourth-order valence-electron chi connectivity index (χ4n) is 3.82. The number of fused-ring (bicyclic) bond motifs is 1. The summed E-state index contributed by atoms with van der Waals surface area (Å²) < 4.78 is 35.4. The SMILES string of the molecule is COC(=O)NCCC(C)(C)C(O)SCCO[PH](=O)OC[C@@H]1C[C@H](C)[C@H](n2cnc3c(N)ncnc32)O1. The number of thioether (sulfide) groups is 1. The normalized spacial score (nSPS) is 22.0. The zero-order valence-corrected chi connectivity index (χ0v) is 22.7. The van der Waals surface area contributed by atoms with Gasteiger partial charge in [0.05, 0.1) is 32.8 Å². The van der Waals surface area contributed by atoms with Crippen LogP contribution in [0.4, 0.5) is 10.6 Å². The number of nitrogens with one attached hydrogen (secondary N) is 1. The molecule has 4 N–H and O–H groups in total. The van der Waals surface area contributed by atoms with Gasteiger partial charge in [0.15, 0.2) is 11.5 Å². The Balaban J connectivity index is 1.35. The minimum absolute atomic E-state index is 0.137. The number of amides is 1. The first-order valence-electron chi connectivity index (χ1n) is 11.6. The second-order valence-electron chi connectivity index (χ2n) is 9.23. The molecule has 3 rings (SSSR count). The molecular weight excluding hydrogens is 511 g/mol.